The Morgan fingerprint density at radius 1 is 0.966 bits per heavy atom. The first kappa shape index (κ1) is 20.6. The first-order valence-corrected chi connectivity index (χ1v) is 9.92. The van der Waals surface area contributed by atoms with Crippen molar-refractivity contribution in [1.82, 2.24) is 4.90 Å². The number of ether oxygens (including phenoxy) is 1. The summed E-state index contributed by atoms with van der Waals surface area (Å²) in [6.45, 7) is 4.81. The van der Waals surface area contributed by atoms with E-state index in [1.165, 1.54) is 0 Å². The van der Waals surface area contributed by atoms with Crippen LogP contribution in [0.1, 0.15) is 42.6 Å². The molecule has 3 rings (SSSR count). The third-order valence-electron chi connectivity index (χ3n) is 5.27. The van der Waals surface area contributed by atoms with Crippen LogP contribution in [-0.4, -0.2) is 42.4 Å². The van der Waals surface area contributed by atoms with E-state index in [0.717, 1.165) is 18.4 Å². The highest BCUT2D eigenvalue weighted by Gasteiger charge is 2.52. The van der Waals surface area contributed by atoms with Gasteiger partial charge in [0.1, 0.15) is 0 Å². The van der Waals surface area contributed by atoms with E-state index in [9.17, 15) is 14.4 Å². The minimum absolute atomic E-state index is 0.0440. The van der Waals surface area contributed by atoms with Crippen molar-refractivity contribution in [2.45, 2.75) is 32.1 Å². The fourth-order valence-corrected chi connectivity index (χ4v) is 3.35. The maximum atomic E-state index is 12.5. The van der Waals surface area contributed by atoms with Gasteiger partial charge in [0.2, 0.25) is 0 Å². The number of amides is 2. The molecule has 29 heavy (non-hydrogen) atoms. The lowest BCUT2D eigenvalue weighted by atomic mass is 9.96. The largest absolute Gasteiger partial charge is 0.455 e. The lowest BCUT2D eigenvalue weighted by molar-refractivity contribution is -0.150. The minimum atomic E-state index is -0.603. The lowest BCUT2D eigenvalue weighted by Gasteiger charge is -2.18. The summed E-state index contributed by atoms with van der Waals surface area (Å²) in [5.41, 5.74) is 1.44. The van der Waals surface area contributed by atoms with E-state index >= 15 is 0 Å². The summed E-state index contributed by atoms with van der Waals surface area (Å²) < 4.78 is 5.27. The number of nitrogens with zero attached hydrogens (tertiary/aromatic N) is 1. The number of hydrogen-bond donors (Lipinski definition) is 1. The van der Waals surface area contributed by atoms with Crippen molar-refractivity contribution in [2.75, 3.05) is 25.0 Å². The quantitative estimate of drug-likeness (QED) is 0.697. The summed E-state index contributed by atoms with van der Waals surface area (Å²) in [5, 5.41) is 2.69. The van der Waals surface area contributed by atoms with E-state index in [-0.39, 0.29) is 18.5 Å². The molecular weight excluding hydrogens is 368 g/mol. The van der Waals surface area contributed by atoms with Gasteiger partial charge in [-0.2, -0.15) is 0 Å². The second-order valence-electron chi connectivity index (χ2n) is 7.13. The Labute approximate surface area is 170 Å². The standard InChI is InChI=1S/C23H26N2O4/c1-3-25(4-2)21(27)17-10-12-19(13-11-17)24-20(26)16-29-22(28)23(14-15-23)18-8-6-5-7-9-18/h5-13H,3-4,14-16H2,1-2H3,(H,24,26). The molecular formula is C23H26N2O4. The Kier molecular flexibility index (Phi) is 6.32. The van der Waals surface area contributed by atoms with Crippen LogP contribution in [0, 0.1) is 0 Å². The zero-order valence-electron chi connectivity index (χ0n) is 16.8. The van der Waals surface area contributed by atoms with Crippen LogP contribution < -0.4 is 5.32 Å². The van der Waals surface area contributed by atoms with E-state index in [2.05, 4.69) is 5.32 Å². The van der Waals surface area contributed by atoms with Crippen molar-refractivity contribution in [2.24, 2.45) is 0 Å². The molecule has 2 aromatic carbocycles. The van der Waals surface area contributed by atoms with Crippen LogP contribution in [0.5, 0.6) is 0 Å². The van der Waals surface area contributed by atoms with Gasteiger partial charge in [0.15, 0.2) is 6.61 Å². The van der Waals surface area contributed by atoms with Crippen LogP contribution >= 0.6 is 0 Å². The highest BCUT2D eigenvalue weighted by molar-refractivity contribution is 5.97. The predicted molar refractivity (Wildman–Crippen MR) is 111 cm³/mol. The molecule has 0 atom stereocenters. The average molecular weight is 394 g/mol. The molecule has 2 aromatic rings. The molecule has 0 radical (unpaired) electrons. The Hall–Kier alpha value is -3.15. The summed E-state index contributed by atoms with van der Waals surface area (Å²) in [6, 6.07) is 16.2. The molecule has 0 aromatic heterocycles. The van der Waals surface area contributed by atoms with Gasteiger partial charge in [0, 0.05) is 24.3 Å². The first-order chi connectivity index (χ1) is 14.0. The van der Waals surface area contributed by atoms with Gasteiger partial charge in [-0.15, -0.1) is 0 Å². The summed E-state index contributed by atoms with van der Waals surface area (Å²) in [4.78, 5) is 38.7. The first-order valence-electron chi connectivity index (χ1n) is 9.92. The molecule has 0 aliphatic heterocycles. The van der Waals surface area contributed by atoms with Crippen LogP contribution in [0.4, 0.5) is 5.69 Å². The smallest absolute Gasteiger partial charge is 0.317 e. The van der Waals surface area contributed by atoms with Crippen molar-refractivity contribution >= 4 is 23.5 Å². The molecule has 6 heteroatoms. The number of anilines is 1. The summed E-state index contributed by atoms with van der Waals surface area (Å²) >= 11 is 0. The fraction of sp³-hybridized carbons (Fsp3) is 0.348. The van der Waals surface area contributed by atoms with Crippen LogP contribution in [-0.2, 0) is 19.7 Å². The molecule has 1 aliphatic carbocycles. The molecule has 2 amide bonds. The third-order valence-corrected chi connectivity index (χ3v) is 5.27. The molecule has 0 saturated heterocycles. The highest BCUT2D eigenvalue weighted by Crippen LogP contribution is 2.49. The fourth-order valence-electron chi connectivity index (χ4n) is 3.35. The average Bonchev–Trinajstić information content (AvgIpc) is 3.56. The maximum Gasteiger partial charge on any atom is 0.317 e. The topological polar surface area (TPSA) is 75.7 Å². The monoisotopic (exact) mass is 394 g/mol. The Balaban J connectivity index is 1.52. The maximum absolute atomic E-state index is 12.5. The van der Waals surface area contributed by atoms with Crippen molar-refractivity contribution in [3.63, 3.8) is 0 Å². The summed E-state index contributed by atoms with van der Waals surface area (Å²) in [6.07, 6.45) is 1.47. The Morgan fingerprint density at radius 3 is 2.14 bits per heavy atom. The number of nitrogens with one attached hydrogen (secondary N) is 1. The number of benzene rings is 2. The van der Waals surface area contributed by atoms with Gasteiger partial charge in [0.05, 0.1) is 5.41 Å². The summed E-state index contributed by atoms with van der Waals surface area (Å²) in [7, 11) is 0. The zero-order chi connectivity index (χ0) is 20.9. The van der Waals surface area contributed by atoms with Gasteiger partial charge >= 0.3 is 5.97 Å². The molecule has 0 heterocycles. The third kappa shape index (κ3) is 4.65. The molecule has 152 valence electrons. The zero-order valence-corrected chi connectivity index (χ0v) is 16.8. The van der Waals surface area contributed by atoms with Gasteiger partial charge in [-0.3, -0.25) is 14.4 Å². The van der Waals surface area contributed by atoms with Gasteiger partial charge in [-0.25, -0.2) is 0 Å². The molecule has 0 spiro atoms. The van der Waals surface area contributed by atoms with E-state index in [1.54, 1.807) is 29.2 Å². The van der Waals surface area contributed by atoms with Crippen molar-refractivity contribution in [3.8, 4) is 0 Å². The molecule has 1 N–H and O–H groups in total. The van der Waals surface area contributed by atoms with Gasteiger partial charge < -0.3 is 15.0 Å². The molecule has 1 aliphatic rings. The van der Waals surface area contributed by atoms with Crippen molar-refractivity contribution in [1.29, 1.82) is 0 Å². The molecule has 1 saturated carbocycles. The normalized spacial score (nSPS) is 14.0. The predicted octanol–water partition coefficient (Wildman–Crippen LogP) is 3.38. The second-order valence-corrected chi connectivity index (χ2v) is 7.13. The van der Waals surface area contributed by atoms with E-state index < -0.39 is 11.3 Å². The van der Waals surface area contributed by atoms with Gasteiger partial charge in [-0.05, 0) is 56.5 Å². The summed E-state index contributed by atoms with van der Waals surface area (Å²) in [5.74, 6) is -0.818. The van der Waals surface area contributed by atoms with E-state index in [0.29, 0.717) is 24.3 Å². The van der Waals surface area contributed by atoms with Crippen LogP contribution in [0.3, 0.4) is 0 Å². The lowest BCUT2D eigenvalue weighted by Crippen LogP contribution is -2.30. The van der Waals surface area contributed by atoms with E-state index in [4.69, 9.17) is 4.74 Å². The number of esters is 1. The minimum Gasteiger partial charge on any atom is -0.455 e. The van der Waals surface area contributed by atoms with Gasteiger partial charge in [0.25, 0.3) is 11.8 Å². The number of carbonyl (C=O) groups excluding carboxylic acids is 3. The van der Waals surface area contributed by atoms with E-state index in [1.807, 2.05) is 44.2 Å². The molecule has 6 nitrogen and oxygen atoms in total. The molecule has 1 fully saturated rings. The second kappa shape index (κ2) is 8.90. The number of hydrogen-bond acceptors (Lipinski definition) is 4. The molecule has 0 bridgehead atoms. The van der Waals surface area contributed by atoms with Crippen LogP contribution in [0.25, 0.3) is 0 Å². The van der Waals surface area contributed by atoms with Crippen LogP contribution in [0.2, 0.25) is 0 Å². The van der Waals surface area contributed by atoms with Gasteiger partial charge in [-0.1, -0.05) is 30.3 Å². The number of rotatable bonds is 8. The Morgan fingerprint density at radius 2 is 1.59 bits per heavy atom. The Bertz CT molecular complexity index is 870. The van der Waals surface area contributed by atoms with Crippen LogP contribution in [0.15, 0.2) is 54.6 Å². The number of carbonyl (C=O) groups is 3. The van der Waals surface area contributed by atoms with Crippen molar-refractivity contribution in [3.05, 3.63) is 65.7 Å². The highest BCUT2D eigenvalue weighted by atomic mass is 16.5. The SMILES string of the molecule is CCN(CC)C(=O)c1ccc(NC(=O)COC(=O)C2(c3ccccc3)CC2)cc1. The van der Waals surface area contributed by atoms with Crippen molar-refractivity contribution < 1.29 is 19.1 Å². The molecule has 0 unspecified atom stereocenters.